The van der Waals surface area contributed by atoms with E-state index in [1.54, 1.807) is 29.4 Å². The molecule has 2 rings (SSSR count). The first kappa shape index (κ1) is 7.42. The molecule has 0 N–H and O–H groups in total. The quantitative estimate of drug-likeness (QED) is 0.702. The molecule has 0 bridgehead atoms. The van der Waals surface area contributed by atoms with E-state index in [1.807, 2.05) is 11.6 Å². The average molecular weight is 180 g/mol. The first-order valence-electron chi connectivity index (χ1n) is 3.68. The van der Waals surface area contributed by atoms with Gasteiger partial charge in [-0.15, -0.1) is 11.3 Å². The number of aromatic nitrogens is 4. The molecule has 2 aromatic rings. The average Bonchev–Trinajstić information content (AvgIpc) is 2.74. The Kier molecular flexibility index (Phi) is 1.87. The molecular formula is C7H8N4S. The van der Waals surface area contributed by atoms with E-state index in [2.05, 4.69) is 15.1 Å². The van der Waals surface area contributed by atoms with Crippen LogP contribution in [0.25, 0.3) is 10.7 Å². The van der Waals surface area contributed by atoms with Crippen molar-refractivity contribution in [2.75, 3.05) is 0 Å². The zero-order chi connectivity index (χ0) is 8.39. The second-order valence-electron chi connectivity index (χ2n) is 2.27. The van der Waals surface area contributed by atoms with E-state index in [4.69, 9.17) is 0 Å². The molecule has 0 spiro atoms. The Bertz CT molecular complexity index is 351. The van der Waals surface area contributed by atoms with E-state index >= 15 is 0 Å². The third kappa shape index (κ3) is 1.12. The number of rotatable bonds is 2. The molecule has 0 radical (unpaired) electrons. The van der Waals surface area contributed by atoms with Gasteiger partial charge < -0.3 is 0 Å². The van der Waals surface area contributed by atoms with Crippen LogP contribution in [0.2, 0.25) is 0 Å². The second kappa shape index (κ2) is 3.02. The van der Waals surface area contributed by atoms with Crippen molar-refractivity contribution in [3.05, 3.63) is 18.0 Å². The van der Waals surface area contributed by atoms with Gasteiger partial charge in [0.2, 0.25) is 0 Å². The fourth-order valence-corrected chi connectivity index (χ4v) is 1.63. The van der Waals surface area contributed by atoms with Crippen LogP contribution in [0.3, 0.4) is 0 Å². The van der Waals surface area contributed by atoms with Gasteiger partial charge in [0.1, 0.15) is 6.33 Å². The van der Waals surface area contributed by atoms with Crippen molar-refractivity contribution in [3.63, 3.8) is 0 Å². The van der Waals surface area contributed by atoms with Crippen LogP contribution in [-0.2, 0) is 6.54 Å². The van der Waals surface area contributed by atoms with Gasteiger partial charge in [0, 0.05) is 12.7 Å². The largest absolute Gasteiger partial charge is 0.252 e. The van der Waals surface area contributed by atoms with Gasteiger partial charge in [-0.3, -0.25) is 4.98 Å². The number of hydrogen-bond donors (Lipinski definition) is 0. The minimum absolute atomic E-state index is 0.841. The van der Waals surface area contributed by atoms with E-state index in [9.17, 15) is 0 Å². The molecule has 0 unspecified atom stereocenters. The van der Waals surface area contributed by atoms with Crippen molar-refractivity contribution in [1.82, 2.24) is 19.7 Å². The lowest BCUT2D eigenvalue weighted by Crippen LogP contribution is -1.98. The molecule has 2 heterocycles. The van der Waals surface area contributed by atoms with Gasteiger partial charge in [0.15, 0.2) is 5.82 Å². The summed E-state index contributed by atoms with van der Waals surface area (Å²) >= 11 is 1.58. The highest BCUT2D eigenvalue weighted by atomic mass is 32.1. The molecule has 0 aromatic carbocycles. The lowest BCUT2D eigenvalue weighted by molar-refractivity contribution is 0.666. The zero-order valence-corrected chi connectivity index (χ0v) is 7.45. The summed E-state index contributed by atoms with van der Waals surface area (Å²) in [5.41, 5.74) is 1.80. The molecule has 0 atom stereocenters. The molecule has 0 amide bonds. The van der Waals surface area contributed by atoms with Gasteiger partial charge in [-0.2, -0.15) is 5.10 Å². The normalized spacial score (nSPS) is 10.4. The van der Waals surface area contributed by atoms with Crippen LogP contribution in [0, 0.1) is 0 Å². The van der Waals surface area contributed by atoms with Gasteiger partial charge in [-0.25, -0.2) is 9.67 Å². The molecule has 0 saturated carbocycles. The van der Waals surface area contributed by atoms with E-state index < -0.39 is 0 Å². The predicted octanol–water partition coefficient (Wildman–Crippen LogP) is 1.42. The van der Waals surface area contributed by atoms with Crippen LogP contribution in [0.15, 0.2) is 18.0 Å². The molecule has 0 aliphatic heterocycles. The molecular weight excluding hydrogens is 172 g/mol. The lowest BCUT2D eigenvalue weighted by Gasteiger charge is -1.97. The molecule has 0 aliphatic carbocycles. The Balaban J connectivity index is 2.46. The summed E-state index contributed by atoms with van der Waals surface area (Å²) in [6.45, 7) is 2.88. The number of thiazole rings is 1. The summed E-state index contributed by atoms with van der Waals surface area (Å²) in [5.74, 6) is 0.903. The standard InChI is InChI=1S/C7H8N4S/c1-2-11-7(9-4-10-11)6-3-8-5-12-6/h3-5H,2H2,1H3. The van der Waals surface area contributed by atoms with Crippen molar-refractivity contribution in [1.29, 1.82) is 0 Å². The summed E-state index contributed by atoms with van der Waals surface area (Å²) < 4.78 is 1.85. The van der Waals surface area contributed by atoms with E-state index in [1.165, 1.54) is 0 Å². The molecule has 0 fully saturated rings. The summed E-state index contributed by atoms with van der Waals surface area (Å²) in [6.07, 6.45) is 3.37. The highest BCUT2D eigenvalue weighted by molar-refractivity contribution is 7.13. The van der Waals surface area contributed by atoms with Crippen molar-refractivity contribution in [3.8, 4) is 10.7 Å². The summed E-state index contributed by atoms with van der Waals surface area (Å²) in [7, 11) is 0. The molecule has 0 saturated heterocycles. The molecule has 12 heavy (non-hydrogen) atoms. The maximum atomic E-state index is 4.15. The highest BCUT2D eigenvalue weighted by Crippen LogP contribution is 2.19. The molecule has 4 nitrogen and oxygen atoms in total. The smallest absolute Gasteiger partial charge is 0.169 e. The van der Waals surface area contributed by atoms with Gasteiger partial charge in [0.05, 0.1) is 10.4 Å². The second-order valence-corrected chi connectivity index (χ2v) is 3.15. The summed E-state index contributed by atoms with van der Waals surface area (Å²) in [6, 6.07) is 0. The maximum absolute atomic E-state index is 4.15. The zero-order valence-electron chi connectivity index (χ0n) is 6.64. The SMILES string of the molecule is CCn1ncnc1-c1cncs1. The van der Waals surface area contributed by atoms with Crippen molar-refractivity contribution < 1.29 is 0 Å². The lowest BCUT2D eigenvalue weighted by atomic mass is 10.5. The Morgan fingerprint density at radius 3 is 3.17 bits per heavy atom. The first-order chi connectivity index (χ1) is 5.92. The molecule has 2 aromatic heterocycles. The predicted molar refractivity (Wildman–Crippen MR) is 46.8 cm³/mol. The minimum Gasteiger partial charge on any atom is -0.252 e. The van der Waals surface area contributed by atoms with Crippen LogP contribution in [0.1, 0.15) is 6.92 Å². The van der Waals surface area contributed by atoms with Crippen LogP contribution in [0.4, 0.5) is 0 Å². The topological polar surface area (TPSA) is 43.6 Å². The molecule has 0 aliphatic rings. The molecule has 5 heteroatoms. The van der Waals surface area contributed by atoms with Gasteiger partial charge in [0.25, 0.3) is 0 Å². The van der Waals surface area contributed by atoms with Crippen LogP contribution in [0.5, 0.6) is 0 Å². The third-order valence-corrected chi connectivity index (χ3v) is 2.34. The Morgan fingerprint density at radius 2 is 2.50 bits per heavy atom. The Labute approximate surface area is 73.9 Å². The first-order valence-corrected chi connectivity index (χ1v) is 4.56. The van der Waals surface area contributed by atoms with Gasteiger partial charge >= 0.3 is 0 Å². The summed E-state index contributed by atoms with van der Waals surface area (Å²) in [5, 5.41) is 4.08. The molecule has 62 valence electrons. The highest BCUT2D eigenvalue weighted by Gasteiger charge is 2.05. The fraction of sp³-hybridized carbons (Fsp3) is 0.286. The van der Waals surface area contributed by atoms with Crippen molar-refractivity contribution >= 4 is 11.3 Å². The summed E-state index contributed by atoms with van der Waals surface area (Å²) in [4.78, 5) is 9.21. The Hall–Kier alpha value is -1.23. The maximum Gasteiger partial charge on any atom is 0.169 e. The number of aryl methyl sites for hydroxylation is 1. The van der Waals surface area contributed by atoms with E-state index in [-0.39, 0.29) is 0 Å². The van der Waals surface area contributed by atoms with E-state index in [0.29, 0.717) is 0 Å². The fourth-order valence-electron chi connectivity index (χ4n) is 1.01. The number of nitrogens with zero attached hydrogens (tertiary/aromatic N) is 4. The monoisotopic (exact) mass is 180 g/mol. The minimum atomic E-state index is 0.841. The third-order valence-electron chi connectivity index (χ3n) is 1.57. The van der Waals surface area contributed by atoms with E-state index in [0.717, 1.165) is 17.2 Å². The van der Waals surface area contributed by atoms with Gasteiger partial charge in [-0.1, -0.05) is 0 Å². The van der Waals surface area contributed by atoms with Crippen LogP contribution < -0.4 is 0 Å². The van der Waals surface area contributed by atoms with Crippen molar-refractivity contribution in [2.24, 2.45) is 0 Å². The number of hydrogen-bond acceptors (Lipinski definition) is 4. The van der Waals surface area contributed by atoms with Gasteiger partial charge in [-0.05, 0) is 6.92 Å². The van der Waals surface area contributed by atoms with Crippen LogP contribution in [-0.4, -0.2) is 19.7 Å². The Morgan fingerprint density at radius 1 is 1.58 bits per heavy atom. The van der Waals surface area contributed by atoms with Crippen molar-refractivity contribution in [2.45, 2.75) is 13.5 Å². The van der Waals surface area contributed by atoms with Crippen LogP contribution >= 0.6 is 11.3 Å².